The van der Waals surface area contributed by atoms with E-state index in [-0.39, 0.29) is 11.9 Å². The fourth-order valence-electron chi connectivity index (χ4n) is 1.35. The summed E-state index contributed by atoms with van der Waals surface area (Å²) in [6, 6.07) is 2.99. The third-order valence-corrected chi connectivity index (χ3v) is 3.00. The number of hydrogen-bond acceptors (Lipinski definition) is 5. The molecule has 1 heterocycles. The lowest BCUT2D eigenvalue weighted by Gasteiger charge is -2.12. The Labute approximate surface area is 102 Å². The van der Waals surface area contributed by atoms with Crippen LogP contribution in [0.5, 0.6) is 0 Å². The Bertz CT molecular complexity index is 425. The number of nitrogens with one attached hydrogen (secondary N) is 2. The van der Waals surface area contributed by atoms with Gasteiger partial charge in [-0.25, -0.2) is 10.8 Å². The van der Waals surface area contributed by atoms with E-state index in [1.54, 1.807) is 18.4 Å². The number of hydrazine groups is 1. The number of hydrogen-bond donors (Lipinski definition) is 3. The van der Waals surface area contributed by atoms with Crippen LogP contribution in [0.4, 0.5) is 5.82 Å². The van der Waals surface area contributed by atoms with Crippen molar-refractivity contribution in [2.24, 2.45) is 5.84 Å². The van der Waals surface area contributed by atoms with Gasteiger partial charge in [0.15, 0.2) is 0 Å². The van der Waals surface area contributed by atoms with Gasteiger partial charge in [0.1, 0.15) is 5.82 Å². The van der Waals surface area contributed by atoms with Gasteiger partial charge in [-0.15, -0.1) is 0 Å². The van der Waals surface area contributed by atoms with Gasteiger partial charge in [-0.2, -0.15) is 0 Å². The maximum atomic E-state index is 11.8. The van der Waals surface area contributed by atoms with Gasteiger partial charge in [-0.1, -0.05) is 0 Å². The van der Waals surface area contributed by atoms with Gasteiger partial charge in [0, 0.05) is 40.6 Å². The summed E-state index contributed by atoms with van der Waals surface area (Å²) in [6.07, 6.45) is 3.10. The van der Waals surface area contributed by atoms with Crippen molar-refractivity contribution < 1.29 is 9.00 Å². The molecule has 0 aliphatic carbocycles. The van der Waals surface area contributed by atoms with Gasteiger partial charge in [0.05, 0.1) is 0 Å². The van der Waals surface area contributed by atoms with Crippen LogP contribution in [0.1, 0.15) is 17.3 Å². The average Bonchev–Trinajstić information content (AvgIpc) is 2.27. The molecule has 0 aromatic carbocycles. The van der Waals surface area contributed by atoms with E-state index in [1.165, 1.54) is 6.20 Å². The van der Waals surface area contributed by atoms with Crippen molar-refractivity contribution in [2.45, 2.75) is 13.0 Å². The number of amides is 1. The van der Waals surface area contributed by atoms with Crippen LogP contribution in [0.25, 0.3) is 0 Å². The molecule has 17 heavy (non-hydrogen) atoms. The van der Waals surface area contributed by atoms with Crippen LogP contribution < -0.4 is 16.6 Å². The van der Waals surface area contributed by atoms with E-state index in [0.29, 0.717) is 17.1 Å². The topological polar surface area (TPSA) is 97.1 Å². The third kappa shape index (κ3) is 4.49. The van der Waals surface area contributed by atoms with Crippen molar-refractivity contribution in [3.05, 3.63) is 23.9 Å². The largest absolute Gasteiger partial charge is 0.349 e. The van der Waals surface area contributed by atoms with Crippen molar-refractivity contribution in [3.8, 4) is 0 Å². The maximum absolute atomic E-state index is 11.8. The molecule has 0 saturated heterocycles. The van der Waals surface area contributed by atoms with Crippen molar-refractivity contribution in [2.75, 3.05) is 17.4 Å². The number of nitrogen functional groups attached to an aromatic ring is 1. The monoisotopic (exact) mass is 256 g/mol. The molecule has 2 atom stereocenters. The molecule has 1 amide bonds. The first-order chi connectivity index (χ1) is 8.02. The molecule has 2 unspecified atom stereocenters. The first-order valence-electron chi connectivity index (χ1n) is 5.06. The molecule has 7 heteroatoms. The van der Waals surface area contributed by atoms with E-state index >= 15 is 0 Å². The molecule has 0 aliphatic rings. The van der Waals surface area contributed by atoms with Crippen LogP contribution in [0.2, 0.25) is 0 Å². The number of nitrogens with two attached hydrogens (primary N) is 1. The van der Waals surface area contributed by atoms with Crippen LogP contribution in [-0.2, 0) is 10.8 Å². The minimum absolute atomic E-state index is 0.143. The fourth-order valence-corrected chi connectivity index (χ4v) is 2.14. The second-order valence-electron chi connectivity index (χ2n) is 3.69. The Balaban J connectivity index is 2.66. The summed E-state index contributed by atoms with van der Waals surface area (Å²) in [5.74, 6) is 5.82. The first kappa shape index (κ1) is 13.6. The molecule has 1 aromatic heterocycles. The molecule has 6 nitrogen and oxygen atoms in total. The highest BCUT2D eigenvalue weighted by Crippen LogP contribution is 2.05. The average molecular weight is 256 g/mol. The van der Waals surface area contributed by atoms with E-state index in [2.05, 4.69) is 15.7 Å². The van der Waals surface area contributed by atoms with E-state index in [1.807, 2.05) is 6.92 Å². The molecule has 1 rings (SSSR count). The predicted molar refractivity (Wildman–Crippen MR) is 67.9 cm³/mol. The maximum Gasteiger partial charge on any atom is 0.251 e. The highest BCUT2D eigenvalue weighted by atomic mass is 32.2. The number of pyridine rings is 1. The normalized spacial score (nSPS) is 13.8. The molecule has 0 radical (unpaired) electrons. The second-order valence-corrected chi connectivity index (χ2v) is 5.17. The van der Waals surface area contributed by atoms with Gasteiger partial charge in [-0.05, 0) is 19.1 Å². The standard InChI is InChI=1S/C10H16N4O2S/c1-7(6-17(2)16)13-10(15)8-3-4-12-9(5-8)14-11/h3-5,7H,6,11H2,1-2H3,(H,12,14)(H,13,15). The minimum Gasteiger partial charge on any atom is -0.349 e. The molecule has 0 saturated carbocycles. The van der Waals surface area contributed by atoms with E-state index in [9.17, 15) is 9.00 Å². The summed E-state index contributed by atoms with van der Waals surface area (Å²) in [4.78, 5) is 15.7. The molecule has 0 bridgehead atoms. The van der Waals surface area contributed by atoms with Crippen LogP contribution >= 0.6 is 0 Å². The highest BCUT2D eigenvalue weighted by Gasteiger charge is 2.11. The Morgan fingerprint density at radius 1 is 1.65 bits per heavy atom. The second kappa shape index (κ2) is 6.31. The summed E-state index contributed by atoms with van der Waals surface area (Å²) in [5, 5.41) is 2.75. The Morgan fingerprint density at radius 2 is 2.35 bits per heavy atom. The molecule has 0 aliphatic heterocycles. The smallest absolute Gasteiger partial charge is 0.251 e. The quantitative estimate of drug-likeness (QED) is 0.503. The van der Waals surface area contributed by atoms with E-state index < -0.39 is 10.8 Å². The number of rotatable bonds is 5. The van der Waals surface area contributed by atoms with Crippen LogP contribution in [0, 0.1) is 0 Å². The van der Waals surface area contributed by atoms with Crippen LogP contribution in [0.15, 0.2) is 18.3 Å². The number of carbonyl (C=O) groups excluding carboxylic acids is 1. The Hall–Kier alpha value is -1.47. The zero-order valence-electron chi connectivity index (χ0n) is 9.77. The third-order valence-electron chi connectivity index (χ3n) is 2.03. The summed E-state index contributed by atoms with van der Waals surface area (Å²) in [6.45, 7) is 1.81. The molecule has 94 valence electrons. The van der Waals surface area contributed by atoms with Crippen molar-refractivity contribution in [1.82, 2.24) is 10.3 Å². The van der Waals surface area contributed by atoms with Crippen LogP contribution in [-0.4, -0.2) is 33.2 Å². The van der Waals surface area contributed by atoms with E-state index in [0.717, 1.165) is 0 Å². The van der Waals surface area contributed by atoms with Gasteiger partial charge in [0.25, 0.3) is 5.91 Å². The molecular weight excluding hydrogens is 240 g/mol. The lowest BCUT2D eigenvalue weighted by atomic mass is 10.2. The van der Waals surface area contributed by atoms with Crippen molar-refractivity contribution in [1.29, 1.82) is 0 Å². The molecule has 0 fully saturated rings. The predicted octanol–water partition coefficient (Wildman–Crippen LogP) is -0.136. The first-order valence-corrected chi connectivity index (χ1v) is 6.79. The molecular formula is C10H16N4O2S. The fraction of sp³-hybridized carbons (Fsp3) is 0.400. The minimum atomic E-state index is -0.934. The lowest BCUT2D eigenvalue weighted by Crippen LogP contribution is -2.36. The lowest BCUT2D eigenvalue weighted by molar-refractivity contribution is 0.0943. The molecule has 1 aromatic rings. The molecule has 4 N–H and O–H groups in total. The highest BCUT2D eigenvalue weighted by molar-refractivity contribution is 7.84. The van der Waals surface area contributed by atoms with Crippen molar-refractivity contribution >= 4 is 22.5 Å². The Morgan fingerprint density at radius 3 is 2.94 bits per heavy atom. The van der Waals surface area contributed by atoms with E-state index in [4.69, 9.17) is 5.84 Å². The summed E-state index contributed by atoms with van der Waals surface area (Å²) in [5.41, 5.74) is 2.83. The summed E-state index contributed by atoms with van der Waals surface area (Å²) < 4.78 is 11.0. The summed E-state index contributed by atoms with van der Waals surface area (Å²) in [7, 11) is -0.934. The molecule has 0 spiro atoms. The zero-order valence-corrected chi connectivity index (χ0v) is 10.6. The van der Waals surface area contributed by atoms with Gasteiger partial charge in [0.2, 0.25) is 0 Å². The summed E-state index contributed by atoms with van der Waals surface area (Å²) >= 11 is 0. The SMILES string of the molecule is CC(CS(C)=O)NC(=O)c1ccnc(NN)c1. The Kier molecular flexibility index (Phi) is 5.05. The van der Waals surface area contributed by atoms with Gasteiger partial charge >= 0.3 is 0 Å². The van der Waals surface area contributed by atoms with Gasteiger partial charge in [-0.3, -0.25) is 9.00 Å². The number of carbonyl (C=O) groups is 1. The number of nitrogens with zero attached hydrogens (tertiary/aromatic N) is 1. The number of anilines is 1. The van der Waals surface area contributed by atoms with Gasteiger partial charge < -0.3 is 10.7 Å². The number of aromatic nitrogens is 1. The van der Waals surface area contributed by atoms with Crippen LogP contribution in [0.3, 0.4) is 0 Å². The zero-order chi connectivity index (χ0) is 12.8. The van der Waals surface area contributed by atoms with Crippen molar-refractivity contribution in [3.63, 3.8) is 0 Å².